The zero-order valence-corrected chi connectivity index (χ0v) is 22.4. The van der Waals surface area contributed by atoms with Gasteiger partial charge < -0.3 is 19.4 Å². The molecule has 1 aliphatic heterocycles. The van der Waals surface area contributed by atoms with E-state index in [9.17, 15) is 9.59 Å². The smallest absolute Gasteiger partial charge is 0.250 e. The quantitative estimate of drug-likeness (QED) is 0.317. The number of anilines is 1. The van der Waals surface area contributed by atoms with Gasteiger partial charge in [0, 0.05) is 29.9 Å². The Hall–Kier alpha value is -3.54. The highest BCUT2D eigenvalue weighted by Crippen LogP contribution is 2.42. The Morgan fingerprint density at radius 1 is 1.05 bits per heavy atom. The predicted molar refractivity (Wildman–Crippen MR) is 148 cm³/mol. The number of nitrogens with one attached hydrogen (secondary N) is 1. The molecule has 196 valence electrons. The molecule has 1 aliphatic rings. The van der Waals surface area contributed by atoms with Gasteiger partial charge in [-0.3, -0.25) is 9.59 Å². The van der Waals surface area contributed by atoms with Crippen LogP contribution < -0.4 is 20.3 Å². The van der Waals surface area contributed by atoms with Crippen LogP contribution in [0.15, 0.2) is 65.6 Å². The maximum absolute atomic E-state index is 13.5. The Balaban J connectivity index is 1.58. The Morgan fingerprint density at radius 3 is 2.65 bits per heavy atom. The lowest BCUT2D eigenvalue weighted by Gasteiger charge is -2.25. The lowest BCUT2D eigenvalue weighted by Crippen LogP contribution is -2.22. The van der Waals surface area contributed by atoms with Crippen LogP contribution in [0.4, 0.5) is 5.69 Å². The number of amides is 1. The van der Waals surface area contributed by atoms with Gasteiger partial charge in [-0.05, 0) is 47.1 Å². The van der Waals surface area contributed by atoms with Gasteiger partial charge in [0.2, 0.25) is 12.7 Å². The predicted octanol–water partition coefficient (Wildman–Crippen LogP) is 6.62. The molecule has 1 aromatic heterocycles. The molecule has 0 radical (unpaired) electrons. The van der Waals surface area contributed by atoms with Gasteiger partial charge in [-0.25, -0.2) is 0 Å². The largest absolute Gasteiger partial charge is 0.454 e. The number of hydrogen-bond donors (Lipinski definition) is 1. The number of pyridine rings is 1. The van der Waals surface area contributed by atoms with Crippen LogP contribution in [0.5, 0.6) is 11.5 Å². The van der Waals surface area contributed by atoms with Crippen molar-refractivity contribution < 1.29 is 14.3 Å². The van der Waals surface area contributed by atoms with Crippen molar-refractivity contribution in [1.82, 2.24) is 4.57 Å². The minimum Gasteiger partial charge on any atom is -0.454 e. The van der Waals surface area contributed by atoms with Crippen molar-refractivity contribution in [2.75, 3.05) is 12.1 Å². The van der Waals surface area contributed by atoms with E-state index in [-0.39, 0.29) is 29.6 Å². The van der Waals surface area contributed by atoms with E-state index < -0.39 is 0 Å². The summed E-state index contributed by atoms with van der Waals surface area (Å²) in [5.41, 5.74) is 3.65. The molecule has 0 aliphatic carbocycles. The third kappa shape index (κ3) is 6.62. The summed E-state index contributed by atoms with van der Waals surface area (Å²) in [5.74, 6) is 1.52. The van der Waals surface area contributed by atoms with Crippen LogP contribution in [0.2, 0.25) is 0 Å². The molecule has 6 heteroatoms. The highest BCUT2D eigenvalue weighted by molar-refractivity contribution is 5.92. The van der Waals surface area contributed by atoms with E-state index in [4.69, 9.17) is 9.47 Å². The number of rotatable bonds is 10. The fraction of sp³-hybridized carbons (Fsp3) is 0.419. The standard InChI is InChI=1S/C31H38N2O4/c1-5-6-7-11-23(24-12-10-13-27-30(24)37-21-36-27)19-28(34)32-26-18-22(15-16-25(26)31(2,3)4)20-33-17-9-8-14-29(33)35/h8-10,12-18,23H,5-7,11,19-21H2,1-4H3,(H,32,34). The topological polar surface area (TPSA) is 69.6 Å². The lowest BCUT2D eigenvalue weighted by atomic mass is 9.85. The zero-order valence-electron chi connectivity index (χ0n) is 22.4. The summed E-state index contributed by atoms with van der Waals surface area (Å²) < 4.78 is 13.0. The number of para-hydroxylation sites is 1. The van der Waals surface area contributed by atoms with Crippen LogP contribution in [0.25, 0.3) is 0 Å². The summed E-state index contributed by atoms with van der Waals surface area (Å²) >= 11 is 0. The van der Waals surface area contributed by atoms with Crippen LogP contribution in [-0.2, 0) is 16.8 Å². The van der Waals surface area contributed by atoms with Gasteiger partial charge in [-0.1, -0.05) is 77.3 Å². The average Bonchev–Trinajstić information content (AvgIpc) is 3.34. The van der Waals surface area contributed by atoms with Crippen molar-refractivity contribution >= 4 is 11.6 Å². The fourth-order valence-corrected chi connectivity index (χ4v) is 4.94. The molecule has 6 nitrogen and oxygen atoms in total. The number of unbranched alkanes of at least 4 members (excludes halogenated alkanes) is 2. The third-order valence-electron chi connectivity index (χ3n) is 6.87. The Labute approximate surface area is 219 Å². The van der Waals surface area contributed by atoms with Gasteiger partial charge in [0.1, 0.15) is 0 Å². The lowest BCUT2D eigenvalue weighted by molar-refractivity contribution is -0.116. The number of carbonyl (C=O) groups excluding carboxylic acids is 1. The molecule has 0 saturated carbocycles. The molecular formula is C31H38N2O4. The summed E-state index contributed by atoms with van der Waals surface area (Å²) in [7, 11) is 0. The van der Waals surface area contributed by atoms with Crippen molar-refractivity contribution in [1.29, 1.82) is 0 Å². The highest BCUT2D eigenvalue weighted by atomic mass is 16.7. The van der Waals surface area contributed by atoms with E-state index in [0.29, 0.717) is 13.0 Å². The monoisotopic (exact) mass is 502 g/mol. The molecule has 0 bridgehead atoms. The fourth-order valence-electron chi connectivity index (χ4n) is 4.94. The van der Waals surface area contributed by atoms with Crippen LogP contribution in [0.1, 0.15) is 82.4 Å². The second kappa shape index (κ2) is 11.7. The van der Waals surface area contributed by atoms with Gasteiger partial charge in [-0.15, -0.1) is 0 Å². The first-order valence-electron chi connectivity index (χ1n) is 13.2. The third-order valence-corrected chi connectivity index (χ3v) is 6.87. The molecule has 1 N–H and O–H groups in total. The van der Waals surface area contributed by atoms with E-state index >= 15 is 0 Å². The number of hydrogen-bond acceptors (Lipinski definition) is 4. The molecule has 2 aromatic carbocycles. The summed E-state index contributed by atoms with van der Waals surface area (Å²) in [6, 6.07) is 17.2. The molecule has 2 heterocycles. The summed E-state index contributed by atoms with van der Waals surface area (Å²) in [6.45, 7) is 9.25. The molecule has 1 atom stereocenters. The van der Waals surface area contributed by atoms with Crippen LogP contribution in [0, 0.1) is 0 Å². The van der Waals surface area contributed by atoms with E-state index in [2.05, 4.69) is 45.1 Å². The Kier molecular flexibility index (Phi) is 8.37. The Bertz CT molecular complexity index is 1290. The molecule has 3 aromatic rings. The Morgan fingerprint density at radius 2 is 1.89 bits per heavy atom. The van der Waals surface area contributed by atoms with Gasteiger partial charge in [0.25, 0.3) is 5.56 Å². The van der Waals surface area contributed by atoms with Gasteiger partial charge >= 0.3 is 0 Å². The minimum atomic E-state index is -0.156. The first-order chi connectivity index (χ1) is 17.8. The van der Waals surface area contributed by atoms with Crippen LogP contribution in [0.3, 0.4) is 0 Å². The molecule has 0 fully saturated rings. The first kappa shape index (κ1) is 26.5. The number of nitrogens with zero attached hydrogens (tertiary/aromatic N) is 1. The molecule has 0 saturated heterocycles. The summed E-state index contributed by atoms with van der Waals surface area (Å²) in [6.07, 6.45) is 6.34. The van der Waals surface area contributed by atoms with Crippen molar-refractivity contribution in [3.8, 4) is 11.5 Å². The minimum absolute atomic E-state index is 0.0301. The zero-order chi connectivity index (χ0) is 26.4. The number of fused-ring (bicyclic) bond motifs is 1. The second-order valence-electron chi connectivity index (χ2n) is 10.8. The second-order valence-corrected chi connectivity index (χ2v) is 10.8. The molecular weight excluding hydrogens is 464 g/mol. The van der Waals surface area contributed by atoms with Gasteiger partial charge in [0.15, 0.2) is 11.5 Å². The van der Waals surface area contributed by atoms with Crippen molar-refractivity contribution in [2.24, 2.45) is 0 Å². The van der Waals surface area contributed by atoms with Crippen molar-refractivity contribution in [2.45, 2.75) is 77.7 Å². The highest BCUT2D eigenvalue weighted by Gasteiger charge is 2.26. The van der Waals surface area contributed by atoms with E-state index in [1.807, 2.05) is 30.3 Å². The van der Waals surface area contributed by atoms with E-state index in [1.165, 1.54) is 0 Å². The number of aromatic nitrogens is 1. The number of carbonyl (C=O) groups is 1. The first-order valence-corrected chi connectivity index (χ1v) is 13.2. The van der Waals surface area contributed by atoms with Crippen LogP contribution >= 0.6 is 0 Å². The SMILES string of the molecule is CCCCCC(CC(=O)Nc1cc(Cn2ccccc2=O)ccc1C(C)(C)C)c1cccc2c1OCO2. The van der Waals surface area contributed by atoms with Gasteiger partial charge in [-0.2, -0.15) is 0 Å². The maximum Gasteiger partial charge on any atom is 0.250 e. The van der Waals surface area contributed by atoms with E-state index in [0.717, 1.165) is 59.6 Å². The molecule has 4 rings (SSSR count). The number of benzene rings is 2. The van der Waals surface area contributed by atoms with E-state index in [1.54, 1.807) is 22.9 Å². The molecule has 0 spiro atoms. The average molecular weight is 503 g/mol. The molecule has 37 heavy (non-hydrogen) atoms. The van der Waals surface area contributed by atoms with Crippen molar-refractivity contribution in [3.05, 3.63) is 87.8 Å². The van der Waals surface area contributed by atoms with Crippen LogP contribution in [-0.4, -0.2) is 17.3 Å². The summed E-state index contributed by atoms with van der Waals surface area (Å²) in [4.78, 5) is 25.7. The molecule has 1 unspecified atom stereocenters. The van der Waals surface area contributed by atoms with Gasteiger partial charge in [0.05, 0.1) is 6.54 Å². The maximum atomic E-state index is 13.5. The molecule has 1 amide bonds. The number of ether oxygens (including phenoxy) is 2. The van der Waals surface area contributed by atoms with Crippen molar-refractivity contribution in [3.63, 3.8) is 0 Å². The summed E-state index contributed by atoms with van der Waals surface area (Å²) in [5, 5.41) is 3.22. The normalized spacial score (nSPS) is 13.4.